The molecule has 282 valence electrons. The Balaban J connectivity index is 0.982. The fourth-order valence-corrected chi connectivity index (χ4v) is 7.97. The number of aliphatic imine (C=N–C) groups is 1. The number of carbonyl (C=O) groups excluding carboxylic acids is 2. The fourth-order valence-electron chi connectivity index (χ4n) is 7.80. The van der Waals surface area contributed by atoms with Crippen molar-refractivity contribution in [3.63, 3.8) is 0 Å². The minimum atomic E-state index is -0.294. The Bertz CT molecular complexity index is 2060. The molecule has 0 unspecified atom stereocenters. The maximum absolute atomic E-state index is 14.2. The number of carbonyl (C=O) groups is 2. The highest BCUT2D eigenvalue weighted by Gasteiger charge is 2.41. The first kappa shape index (κ1) is 37.2. The molecular formula is C43H48N4O6S. The lowest BCUT2D eigenvalue weighted by molar-refractivity contribution is 0.0978. The van der Waals surface area contributed by atoms with E-state index in [0.29, 0.717) is 72.7 Å². The molecule has 0 bridgehead atoms. The van der Waals surface area contributed by atoms with Gasteiger partial charge in [0.2, 0.25) is 0 Å². The second-order valence-electron chi connectivity index (χ2n) is 14.6. The summed E-state index contributed by atoms with van der Waals surface area (Å²) in [6, 6.07) is 23.3. The summed E-state index contributed by atoms with van der Waals surface area (Å²) >= 11 is 4.87. The largest absolute Gasteiger partial charge is 0.493 e. The van der Waals surface area contributed by atoms with Gasteiger partial charge >= 0.3 is 0 Å². The first-order chi connectivity index (χ1) is 26.1. The Morgan fingerprint density at radius 1 is 0.852 bits per heavy atom. The van der Waals surface area contributed by atoms with E-state index in [1.807, 2.05) is 53.4 Å². The maximum atomic E-state index is 14.2. The first-order valence-electron chi connectivity index (χ1n) is 18.5. The van der Waals surface area contributed by atoms with Gasteiger partial charge in [-0.2, -0.15) is 12.6 Å². The number of ether oxygens (including phenoxy) is 4. The molecule has 0 aliphatic carbocycles. The second-order valence-corrected chi connectivity index (χ2v) is 15.9. The number of hydrogen-bond donors (Lipinski definition) is 1. The van der Waals surface area contributed by atoms with Crippen LogP contribution in [0.3, 0.4) is 0 Å². The molecule has 3 aliphatic heterocycles. The molecular weight excluding hydrogens is 701 g/mol. The zero-order valence-corrected chi connectivity index (χ0v) is 32.4. The van der Waals surface area contributed by atoms with Crippen LogP contribution in [0, 0.1) is 0 Å². The van der Waals surface area contributed by atoms with Crippen LogP contribution in [0.1, 0.15) is 65.0 Å². The van der Waals surface area contributed by atoms with E-state index >= 15 is 0 Å². The van der Waals surface area contributed by atoms with Crippen molar-refractivity contribution >= 4 is 53.9 Å². The summed E-state index contributed by atoms with van der Waals surface area (Å²) in [5.74, 6) is 1.93. The van der Waals surface area contributed by atoms with Gasteiger partial charge < -0.3 is 33.6 Å². The smallest absolute Gasteiger partial charge is 0.260 e. The molecule has 3 aliphatic rings. The van der Waals surface area contributed by atoms with Crippen molar-refractivity contribution in [2.24, 2.45) is 4.99 Å². The summed E-state index contributed by atoms with van der Waals surface area (Å²) < 4.78 is 23.6. The highest BCUT2D eigenvalue weighted by molar-refractivity contribution is 7.81. The predicted octanol–water partition coefficient (Wildman–Crippen LogP) is 7.97. The minimum absolute atomic E-state index is 0.0173. The van der Waals surface area contributed by atoms with Crippen molar-refractivity contribution in [3.8, 4) is 23.0 Å². The Morgan fingerprint density at radius 2 is 1.50 bits per heavy atom. The van der Waals surface area contributed by atoms with E-state index in [1.165, 1.54) is 5.56 Å². The zero-order valence-electron chi connectivity index (χ0n) is 31.5. The van der Waals surface area contributed by atoms with Gasteiger partial charge in [0.25, 0.3) is 11.8 Å². The van der Waals surface area contributed by atoms with Gasteiger partial charge in [-0.15, -0.1) is 0 Å². The molecule has 0 saturated heterocycles. The Kier molecular flexibility index (Phi) is 10.8. The third-order valence-corrected chi connectivity index (χ3v) is 10.4. The van der Waals surface area contributed by atoms with Crippen LogP contribution in [0.15, 0.2) is 77.8 Å². The Labute approximate surface area is 323 Å². The molecule has 4 aromatic rings. The minimum Gasteiger partial charge on any atom is -0.493 e. The molecule has 54 heavy (non-hydrogen) atoms. The van der Waals surface area contributed by atoms with Crippen molar-refractivity contribution in [1.29, 1.82) is 0 Å². The monoisotopic (exact) mass is 748 g/mol. The molecule has 0 spiro atoms. The van der Waals surface area contributed by atoms with Gasteiger partial charge in [-0.1, -0.05) is 36.4 Å². The van der Waals surface area contributed by atoms with E-state index in [-0.39, 0.29) is 22.6 Å². The van der Waals surface area contributed by atoms with E-state index in [0.717, 1.165) is 54.7 Å². The number of hydrogen-bond acceptors (Lipinski definition) is 9. The van der Waals surface area contributed by atoms with Gasteiger partial charge in [0.1, 0.15) is 0 Å². The number of para-hydroxylation sites is 2. The average Bonchev–Trinajstić information content (AvgIpc) is 3.74. The quantitative estimate of drug-likeness (QED) is 0.0795. The number of amides is 2. The van der Waals surface area contributed by atoms with Gasteiger partial charge in [0, 0.05) is 47.9 Å². The maximum Gasteiger partial charge on any atom is 0.260 e. The zero-order chi connectivity index (χ0) is 38.0. The first-order valence-corrected chi connectivity index (χ1v) is 19.0. The number of thiol groups is 1. The lowest BCUT2D eigenvalue weighted by atomic mass is 10.1. The van der Waals surface area contributed by atoms with Crippen LogP contribution in [-0.4, -0.2) is 76.4 Å². The summed E-state index contributed by atoms with van der Waals surface area (Å²) in [7, 11) is 3.17. The van der Waals surface area contributed by atoms with Crippen LogP contribution >= 0.6 is 12.6 Å². The Hall–Kier alpha value is -5.16. The van der Waals surface area contributed by atoms with Crippen LogP contribution < -0.4 is 33.6 Å². The van der Waals surface area contributed by atoms with Gasteiger partial charge in [-0.05, 0) is 88.1 Å². The molecule has 7 rings (SSSR count). The number of fused-ring (bicyclic) bond motifs is 5. The van der Waals surface area contributed by atoms with Crippen molar-refractivity contribution in [2.45, 2.75) is 56.7 Å². The lowest BCUT2D eigenvalue weighted by Gasteiger charge is -2.33. The standard InChI is InChI=1S/C43H48N4O6S/c1-43(2,54)27-45-26-30-21-29-14-8-10-16-35(29)47(30)42(49)32-23-38(51-5)40(25-36(32)45)53-20-12-6-11-19-52-39-24-33(44-3)31(22-37(39)50-4)41(48)46-18-17-28-13-7-9-15-34(28)46/h7-10,13-16,22-25,30,54H,3,6,11-12,17-21,26-27H2,1-2,4-5H3/t30-/m0/s1. The fraction of sp³-hybridized carbons (Fsp3) is 0.372. The summed E-state index contributed by atoms with van der Waals surface area (Å²) in [4.78, 5) is 38.0. The molecule has 0 N–H and O–H groups in total. The number of nitrogens with zero attached hydrogens (tertiary/aromatic N) is 4. The van der Waals surface area contributed by atoms with Crippen LogP contribution in [0.5, 0.6) is 23.0 Å². The molecule has 11 heteroatoms. The van der Waals surface area contributed by atoms with Crippen LogP contribution in [0.2, 0.25) is 0 Å². The van der Waals surface area contributed by atoms with Crippen molar-refractivity contribution < 1.29 is 28.5 Å². The normalized spacial score (nSPS) is 15.9. The molecule has 1 atom stereocenters. The van der Waals surface area contributed by atoms with Gasteiger partial charge in [0.15, 0.2) is 23.0 Å². The van der Waals surface area contributed by atoms with Crippen molar-refractivity contribution in [2.75, 3.05) is 61.8 Å². The second kappa shape index (κ2) is 15.7. The molecule has 0 fully saturated rings. The summed E-state index contributed by atoms with van der Waals surface area (Å²) in [5.41, 5.74) is 6.53. The molecule has 3 heterocycles. The number of methoxy groups -OCH3 is 2. The molecule has 10 nitrogen and oxygen atoms in total. The topological polar surface area (TPSA) is 93.1 Å². The molecule has 0 saturated carbocycles. The van der Waals surface area contributed by atoms with E-state index in [9.17, 15) is 9.59 Å². The number of benzene rings is 4. The van der Waals surface area contributed by atoms with Crippen LogP contribution in [-0.2, 0) is 12.8 Å². The average molecular weight is 749 g/mol. The van der Waals surface area contributed by atoms with Crippen LogP contribution in [0.25, 0.3) is 0 Å². The highest BCUT2D eigenvalue weighted by atomic mass is 32.1. The summed E-state index contributed by atoms with van der Waals surface area (Å²) in [6.07, 6.45) is 4.02. The van der Waals surface area contributed by atoms with Crippen molar-refractivity contribution in [3.05, 3.63) is 95.1 Å². The molecule has 4 aromatic carbocycles. The number of unbranched alkanes of at least 4 members (excludes halogenated alkanes) is 2. The third-order valence-electron chi connectivity index (χ3n) is 10.3. The van der Waals surface area contributed by atoms with Gasteiger partial charge in [0.05, 0.1) is 56.0 Å². The third kappa shape index (κ3) is 7.46. The van der Waals surface area contributed by atoms with Crippen LogP contribution in [0.4, 0.5) is 22.7 Å². The highest BCUT2D eigenvalue weighted by Crippen LogP contribution is 2.43. The molecule has 0 aromatic heterocycles. The van der Waals surface area contributed by atoms with Gasteiger partial charge in [-0.3, -0.25) is 14.6 Å². The summed E-state index contributed by atoms with van der Waals surface area (Å²) in [5, 5.41) is 0. The van der Waals surface area contributed by atoms with E-state index in [4.69, 9.17) is 31.6 Å². The summed E-state index contributed by atoms with van der Waals surface area (Å²) in [6.45, 7) is 10.8. The molecule has 2 amide bonds. The van der Waals surface area contributed by atoms with E-state index in [1.54, 1.807) is 31.3 Å². The Morgan fingerprint density at radius 3 is 2.19 bits per heavy atom. The molecule has 0 radical (unpaired) electrons. The van der Waals surface area contributed by atoms with E-state index in [2.05, 4.69) is 42.6 Å². The van der Waals surface area contributed by atoms with Gasteiger partial charge in [-0.25, -0.2) is 0 Å². The number of anilines is 3. The van der Waals surface area contributed by atoms with E-state index < -0.39 is 0 Å². The number of rotatable bonds is 14. The SMILES string of the molecule is C=Nc1cc(OCCCCCOc2cc3c(cc2OC)C(=O)N2c4ccccc4C[C@H]2CN3CC(C)(C)S)c(OC)cc1C(=O)N1CCc2ccccc21. The van der Waals surface area contributed by atoms with Crippen molar-refractivity contribution in [1.82, 2.24) is 0 Å². The predicted molar refractivity (Wildman–Crippen MR) is 218 cm³/mol. The lowest BCUT2D eigenvalue weighted by Crippen LogP contribution is -2.44.